The quantitative estimate of drug-likeness (QED) is 0.433. The standard InChI is InChI=1S/C23H28N2O5S/c1-6-28-20-10-8-7-9-19(20)25-23(31)24-18-12-16(21(26)29-14(2)3)11-17(13-18)22(27)30-15(4)5/h7-15H,6H2,1-5H3,(H2,24,25,31). The second-order valence-electron chi connectivity index (χ2n) is 7.22. The van der Waals surface area contributed by atoms with Gasteiger partial charge in [-0.15, -0.1) is 0 Å². The summed E-state index contributed by atoms with van der Waals surface area (Å²) in [4.78, 5) is 24.9. The van der Waals surface area contributed by atoms with Crippen molar-refractivity contribution in [3.63, 3.8) is 0 Å². The molecule has 2 aromatic carbocycles. The molecule has 0 spiro atoms. The van der Waals surface area contributed by atoms with E-state index in [0.29, 0.717) is 23.7 Å². The van der Waals surface area contributed by atoms with E-state index in [2.05, 4.69) is 10.6 Å². The number of carbonyl (C=O) groups is 2. The van der Waals surface area contributed by atoms with Crippen molar-refractivity contribution >= 4 is 40.6 Å². The Morgan fingerprint density at radius 1 is 0.903 bits per heavy atom. The van der Waals surface area contributed by atoms with E-state index < -0.39 is 11.9 Å². The van der Waals surface area contributed by atoms with Crippen molar-refractivity contribution in [3.05, 3.63) is 53.6 Å². The van der Waals surface area contributed by atoms with Crippen molar-refractivity contribution in [1.82, 2.24) is 0 Å². The van der Waals surface area contributed by atoms with Crippen LogP contribution in [0, 0.1) is 0 Å². The summed E-state index contributed by atoms with van der Waals surface area (Å²) in [5.41, 5.74) is 1.57. The van der Waals surface area contributed by atoms with Crippen LogP contribution in [0.2, 0.25) is 0 Å². The number of esters is 2. The van der Waals surface area contributed by atoms with Crippen molar-refractivity contribution < 1.29 is 23.8 Å². The highest BCUT2D eigenvalue weighted by Gasteiger charge is 2.17. The largest absolute Gasteiger partial charge is 0.492 e. The maximum atomic E-state index is 12.4. The third-order valence-electron chi connectivity index (χ3n) is 3.78. The lowest BCUT2D eigenvalue weighted by atomic mass is 10.1. The van der Waals surface area contributed by atoms with Crippen molar-refractivity contribution in [2.24, 2.45) is 0 Å². The number of thiocarbonyl (C=S) groups is 1. The van der Waals surface area contributed by atoms with Gasteiger partial charge in [-0.3, -0.25) is 0 Å². The first kappa shape index (κ1) is 24.1. The zero-order valence-corrected chi connectivity index (χ0v) is 19.2. The minimum atomic E-state index is -0.544. The van der Waals surface area contributed by atoms with Gasteiger partial charge in [0.15, 0.2) is 5.11 Å². The molecule has 0 saturated heterocycles. The molecule has 0 aliphatic heterocycles. The van der Waals surface area contributed by atoms with Crippen LogP contribution in [0.1, 0.15) is 55.3 Å². The van der Waals surface area contributed by atoms with Gasteiger partial charge in [-0.2, -0.15) is 0 Å². The Morgan fingerprint density at radius 2 is 1.45 bits per heavy atom. The monoisotopic (exact) mass is 444 g/mol. The highest BCUT2D eigenvalue weighted by Crippen LogP contribution is 2.24. The Hall–Kier alpha value is -3.13. The summed E-state index contributed by atoms with van der Waals surface area (Å²) in [6, 6.07) is 12.0. The van der Waals surface area contributed by atoms with Crippen LogP contribution in [-0.4, -0.2) is 35.9 Å². The van der Waals surface area contributed by atoms with Crippen molar-refractivity contribution in [2.45, 2.75) is 46.8 Å². The van der Waals surface area contributed by atoms with E-state index in [0.717, 1.165) is 0 Å². The van der Waals surface area contributed by atoms with Crippen LogP contribution in [0.5, 0.6) is 5.75 Å². The minimum Gasteiger partial charge on any atom is -0.492 e. The lowest BCUT2D eigenvalue weighted by Crippen LogP contribution is -2.21. The van der Waals surface area contributed by atoms with E-state index in [-0.39, 0.29) is 28.4 Å². The first-order chi connectivity index (χ1) is 14.7. The number of rotatable bonds is 8. The number of nitrogens with one attached hydrogen (secondary N) is 2. The van der Waals surface area contributed by atoms with Crippen LogP contribution in [0.4, 0.5) is 11.4 Å². The predicted octanol–water partition coefficient (Wildman–Crippen LogP) is 5.02. The van der Waals surface area contributed by atoms with Gasteiger partial charge in [0.25, 0.3) is 0 Å². The van der Waals surface area contributed by atoms with Gasteiger partial charge >= 0.3 is 11.9 Å². The van der Waals surface area contributed by atoms with Gasteiger partial charge in [0.2, 0.25) is 0 Å². The second-order valence-corrected chi connectivity index (χ2v) is 7.62. The molecule has 0 atom stereocenters. The van der Waals surface area contributed by atoms with E-state index >= 15 is 0 Å². The molecule has 0 aliphatic carbocycles. The summed E-state index contributed by atoms with van der Waals surface area (Å²) in [5, 5.41) is 6.34. The van der Waals surface area contributed by atoms with E-state index in [9.17, 15) is 9.59 Å². The van der Waals surface area contributed by atoms with E-state index in [1.165, 1.54) is 6.07 Å². The number of hydrogen-bond acceptors (Lipinski definition) is 6. The number of anilines is 2. The topological polar surface area (TPSA) is 85.9 Å². The molecule has 7 nitrogen and oxygen atoms in total. The first-order valence-electron chi connectivity index (χ1n) is 10.1. The summed E-state index contributed by atoms with van der Waals surface area (Å²) in [7, 11) is 0. The fourth-order valence-corrected chi connectivity index (χ4v) is 2.86. The lowest BCUT2D eigenvalue weighted by Gasteiger charge is -2.16. The number of benzene rings is 2. The fourth-order valence-electron chi connectivity index (χ4n) is 2.64. The highest BCUT2D eigenvalue weighted by molar-refractivity contribution is 7.80. The highest BCUT2D eigenvalue weighted by atomic mass is 32.1. The molecular weight excluding hydrogens is 416 g/mol. The summed E-state index contributed by atoms with van der Waals surface area (Å²) in [6.07, 6.45) is -0.596. The lowest BCUT2D eigenvalue weighted by molar-refractivity contribution is 0.0377. The van der Waals surface area contributed by atoms with Gasteiger partial charge in [-0.05, 0) is 77.2 Å². The maximum absolute atomic E-state index is 12.4. The Kier molecular flexibility index (Phi) is 8.81. The molecule has 0 aromatic heterocycles. The Morgan fingerprint density at radius 3 is 1.97 bits per heavy atom. The van der Waals surface area contributed by atoms with Crippen molar-refractivity contribution in [2.75, 3.05) is 17.2 Å². The SMILES string of the molecule is CCOc1ccccc1NC(=S)Nc1cc(C(=O)OC(C)C)cc(C(=O)OC(C)C)c1. The molecular formula is C23H28N2O5S. The zero-order valence-electron chi connectivity index (χ0n) is 18.4. The van der Waals surface area contributed by atoms with Gasteiger partial charge in [-0.25, -0.2) is 9.59 Å². The zero-order chi connectivity index (χ0) is 23.0. The summed E-state index contributed by atoms with van der Waals surface area (Å²) in [5.74, 6) is -0.430. The van der Waals surface area contributed by atoms with Crippen LogP contribution >= 0.6 is 12.2 Å². The number of para-hydroxylation sites is 2. The van der Waals surface area contributed by atoms with Crippen LogP contribution in [0.15, 0.2) is 42.5 Å². The van der Waals surface area contributed by atoms with Crippen molar-refractivity contribution in [3.8, 4) is 5.75 Å². The van der Waals surface area contributed by atoms with E-state index in [1.54, 1.807) is 39.8 Å². The van der Waals surface area contributed by atoms with E-state index in [1.807, 2.05) is 31.2 Å². The summed E-state index contributed by atoms with van der Waals surface area (Å²) in [6.45, 7) is 9.42. The Balaban J connectivity index is 2.28. The molecule has 2 aromatic rings. The molecule has 0 saturated carbocycles. The van der Waals surface area contributed by atoms with E-state index in [4.69, 9.17) is 26.4 Å². The molecule has 0 aliphatic rings. The average molecular weight is 445 g/mol. The summed E-state index contributed by atoms with van der Waals surface area (Å²) < 4.78 is 16.1. The third-order valence-corrected chi connectivity index (χ3v) is 3.99. The molecule has 2 rings (SSSR count). The first-order valence-corrected chi connectivity index (χ1v) is 10.5. The van der Waals surface area contributed by atoms with Crippen LogP contribution in [0.25, 0.3) is 0 Å². The smallest absolute Gasteiger partial charge is 0.338 e. The minimum absolute atomic E-state index is 0.215. The molecule has 8 heteroatoms. The van der Waals surface area contributed by atoms with Crippen LogP contribution in [-0.2, 0) is 9.47 Å². The van der Waals surface area contributed by atoms with Gasteiger partial charge in [0.05, 0.1) is 35.6 Å². The number of hydrogen-bond donors (Lipinski definition) is 2. The molecule has 0 radical (unpaired) electrons. The van der Waals surface area contributed by atoms with Gasteiger partial charge < -0.3 is 24.8 Å². The molecule has 0 heterocycles. The molecule has 0 unspecified atom stereocenters. The maximum Gasteiger partial charge on any atom is 0.338 e. The fraction of sp³-hybridized carbons (Fsp3) is 0.348. The average Bonchev–Trinajstić information content (AvgIpc) is 2.68. The Bertz CT molecular complexity index is 903. The molecule has 0 amide bonds. The normalized spacial score (nSPS) is 10.5. The third kappa shape index (κ3) is 7.57. The van der Waals surface area contributed by atoms with Crippen LogP contribution in [0.3, 0.4) is 0 Å². The number of ether oxygens (including phenoxy) is 3. The Labute approximate surface area is 188 Å². The molecule has 31 heavy (non-hydrogen) atoms. The van der Waals surface area contributed by atoms with Gasteiger partial charge in [0.1, 0.15) is 5.75 Å². The van der Waals surface area contributed by atoms with Gasteiger partial charge in [-0.1, -0.05) is 12.1 Å². The number of carbonyl (C=O) groups excluding carboxylic acids is 2. The predicted molar refractivity (Wildman–Crippen MR) is 125 cm³/mol. The molecule has 0 bridgehead atoms. The second kappa shape index (κ2) is 11.3. The molecule has 0 fully saturated rings. The molecule has 166 valence electrons. The van der Waals surface area contributed by atoms with Crippen LogP contribution < -0.4 is 15.4 Å². The molecule has 2 N–H and O–H groups in total. The van der Waals surface area contributed by atoms with Crippen molar-refractivity contribution in [1.29, 1.82) is 0 Å². The summed E-state index contributed by atoms with van der Waals surface area (Å²) >= 11 is 5.41. The van der Waals surface area contributed by atoms with Gasteiger partial charge in [0, 0.05) is 5.69 Å².